The molecule has 1 aromatic heterocycles. The highest BCUT2D eigenvalue weighted by atomic mass is 127. The lowest BCUT2D eigenvalue weighted by Crippen LogP contribution is -2.37. The standard InChI is InChI=1S/C19H28N4OS.HI/c1-15(2)13-24-11-7-10-21-19(20-3)22-12-17-14-25-18(23-17)16-8-5-4-6-9-16;/h4-6,8-9,14-15H,7,10-13H2,1-3H3,(H2,20,21,22);1H. The Hall–Kier alpha value is -1.19. The van der Waals surface area contributed by atoms with Gasteiger partial charge < -0.3 is 15.4 Å². The van der Waals surface area contributed by atoms with E-state index in [1.54, 1.807) is 18.4 Å². The van der Waals surface area contributed by atoms with Crippen molar-refractivity contribution in [3.05, 3.63) is 41.4 Å². The molecule has 0 saturated carbocycles. The fraction of sp³-hybridized carbons (Fsp3) is 0.474. The van der Waals surface area contributed by atoms with Crippen molar-refractivity contribution in [3.8, 4) is 10.6 Å². The zero-order valence-electron chi connectivity index (χ0n) is 15.7. The molecule has 0 fully saturated rings. The predicted octanol–water partition coefficient (Wildman–Crippen LogP) is 4.16. The van der Waals surface area contributed by atoms with Gasteiger partial charge in [-0.3, -0.25) is 4.99 Å². The van der Waals surface area contributed by atoms with E-state index >= 15 is 0 Å². The molecule has 0 unspecified atom stereocenters. The van der Waals surface area contributed by atoms with Crippen molar-refractivity contribution in [2.45, 2.75) is 26.8 Å². The zero-order chi connectivity index (χ0) is 17.9. The molecule has 0 bridgehead atoms. The van der Waals surface area contributed by atoms with Gasteiger partial charge in [-0.2, -0.15) is 0 Å². The molecule has 0 radical (unpaired) electrons. The summed E-state index contributed by atoms with van der Waals surface area (Å²) < 4.78 is 5.58. The molecule has 5 nitrogen and oxygen atoms in total. The summed E-state index contributed by atoms with van der Waals surface area (Å²) in [7, 11) is 1.78. The van der Waals surface area contributed by atoms with Gasteiger partial charge in [-0.25, -0.2) is 4.98 Å². The Morgan fingerprint density at radius 2 is 2.00 bits per heavy atom. The second-order valence-electron chi connectivity index (χ2n) is 6.18. The number of halogens is 1. The van der Waals surface area contributed by atoms with Crippen LogP contribution >= 0.6 is 35.3 Å². The number of nitrogens with zero attached hydrogens (tertiary/aromatic N) is 2. The molecular formula is C19H29IN4OS. The van der Waals surface area contributed by atoms with Crippen LogP contribution in [-0.2, 0) is 11.3 Å². The fourth-order valence-corrected chi connectivity index (χ4v) is 3.02. The average molecular weight is 488 g/mol. The van der Waals surface area contributed by atoms with Crippen LogP contribution in [0.1, 0.15) is 26.0 Å². The number of nitrogens with one attached hydrogen (secondary N) is 2. The molecule has 0 spiro atoms. The van der Waals surface area contributed by atoms with E-state index < -0.39 is 0 Å². The Kier molecular flexibility index (Phi) is 11.5. The summed E-state index contributed by atoms with van der Waals surface area (Å²) in [6.45, 7) is 7.41. The van der Waals surface area contributed by atoms with Gasteiger partial charge in [0.25, 0.3) is 0 Å². The third kappa shape index (κ3) is 8.46. The predicted molar refractivity (Wildman–Crippen MR) is 121 cm³/mol. The van der Waals surface area contributed by atoms with Gasteiger partial charge in [0.15, 0.2) is 5.96 Å². The van der Waals surface area contributed by atoms with Crippen molar-refractivity contribution in [2.24, 2.45) is 10.9 Å². The summed E-state index contributed by atoms with van der Waals surface area (Å²) in [5.41, 5.74) is 2.18. The summed E-state index contributed by atoms with van der Waals surface area (Å²) in [4.78, 5) is 8.92. The highest BCUT2D eigenvalue weighted by molar-refractivity contribution is 14.0. The largest absolute Gasteiger partial charge is 0.381 e. The van der Waals surface area contributed by atoms with Crippen LogP contribution in [0.4, 0.5) is 0 Å². The highest BCUT2D eigenvalue weighted by Gasteiger charge is 2.05. The van der Waals surface area contributed by atoms with Crippen molar-refractivity contribution in [2.75, 3.05) is 26.8 Å². The Morgan fingerprint density at radius 1 is 1.23 bits per heavy atom. The van der Waals surface area contributed by atoms with Crippen LogP contribution in [0.25, 0.3) is 10.6 Å². The number of benzene rings is 1. The van der Waals surface area contributed by atoms with E-state index in [2.05, 4.69) is 52.0 Å². The number of thiazole rings is 1. The van der Waals surface area contributed by atoms with Gasteiger partial charge in [0.05, 0.1) is 12.2 Å². The van der Waals surface area contributed by atoms with E-state index in [1.807, 2.05) is 18.2 Å². The van der Waals surface area contributed by atoms with E-state index in [-0.39, 0.29) is 24.0 Å². The average Bonchev–Trinajstić information content (AvgIpc) is 3.10. The summed E-state index contributed by atoms with van der Waals surface area (Å²) >= 11 is 1.66. The van der Waals surface area contributed by atoms with Crippen LogP contribution < -0.4 is 10.6 Å². The maximum absolute atomic E-state index is 5.58. The number of ether oxygens (including phenoxy) is 1. The van der Waals surface area contributed by atoms with Crippen LogP contribution in [-0.4, -0.2) is 37.7 Å². The lowest BCUT2D eigenvalue weighted by molar-refractivity contribution is 0.108. The van der Waals surface area contributed by atoms with Crippen molar-refractivity contribution >= 4 is 41.3 Å². The minimum absolute atomic E-state index is 0. The molecule has 0 aliphatic carbocycles. The van der Waals surface area contributed by atoms with Crippen LogP contribution in [0, 0.1) is 5.92 Å². The Morgan fingerprint density at radius 3 is 2.69 bits per heavy atom. The summed E-state index contributed by atoms with van der Waals surface area (Å²) in [6.07, 6.45) is 0.961. The first kappa shape index (κ1) is 22.9. The quantitative estimate of drug-likeness (QED) is 0.241. The first-order valence-electron chi connectivity index (χ1n) is 8.71. The normalized spacial score (nSPS) is 11.3. The fourth-order valence-electron chi connectivity index (χ4n) is 2.20. The van der Waals surface area contributed by atoms with Gasteiger partial charge in [0, 0.05) is 37.7 Å². The number of aromatic nitrogens is 1. The second-order valence-corrected chi connectivity index (χ2v) is 7.04. The van der Waals surface area contributed by atoms with Gasteiger partial charge in [-0.1, -0.05) is 44.2 Å². The molecular weight excluding hydrogens is 459 g/mol. The molecule has 2 aromatic rings. The van der Waals surface area contributed by atoms with Crippen molar-refractivity contribution in [1.29, 1.82) is 0 Å². The molecule has 144 valence electrons. The molecule has 1 aromatic carbocycles. The molecule has 0 atom stereocenters. The molecule has 0 aliphatic heterocycles. The maximum atomic E-state index is 5.58. The Labute approximate surface area is 177 Å². The third-order valence-corrected chi connectivity index (χ3v) is 4.38. The van der Waals surface area contributed by atoms with Crippen molar-refractivity contribution in [3.63, 3.8) is 0 Å². The SMILES string of the molecule is CN=C(NCCCOCC(C)C)NCc1csc(-c2ccccc2)n1.I. The zero-order valence-corrected chi connectivity index (χ0v) is 18.8. The molecule has 26 heavy (non-hydrogen) atoms. The summed E-state index contributed by atoms with van der Waals surface area (Å²) in [5, 5.41) is 9.73. The smallest absolute Gasteiger partial charge is 0.191 e. The molecule has 7 heteroatoms. The number of aliphatic imine (C=N–C) groups is 1. The second kappa shape index (κ2) is 13.1. The Bertz CT molecular complexity index is 646. The van der Waals surface area contributed by atoms with Gasteiger partial charge in [0.1, 0.15) is 5.01 Å². The third-order valence-electron chi connectivity index (χ3n) is 3.44. The van der Waals surface area contributed by atoms with Gasteiger partial charge >= 0.3 is 0 Å². The lowest BCUT2D eigenvalue weighted by atomic mass is 10.2. The molecule has 0 saturated heterocycles. The number of hydrogen-bond acceptors (Lipinski definition) is 4. The summed E-state index contributed by atoms with van der Waals surface area (Å²) in [6, 6.07) is 10.2. The van der Waals surface area contributed by atoms with E-state index in [4.69, 9.17) is 4.74 Å². The van der Waals surface area contributed by atoms with Crippen LogP contribution in [0.5, 0.6) is 0 Å². The van der Waals surface area contributed by atoms with Crippen molar-refractivity contribution < 1.29 is 4.74 Å². The molecule has 0 aliphatic rings. The van der Waals surface area contributed by atoms with Gasteiger partial charge in [-0.05, 0) is 12.3 Å². The van der Waals surface area contributed by atoms with Gasteiger partial charge in [-0.15, -0.1) is 35.3 Å². The van der Waals surface area contributed by atoms with Crippen molar-refractivity contribution in [1.82, 2.24) is 15.6 Å². The Balaban J connectivity index is 0.00000338. The number of guanidine groups is 1. The first-order chi connectivity index (χ1) is 12.2. The molecule has 2 rings (SSSR count). The minimum Gasteiger partial charge on any atom is -0.381 e. The van der Waals surface area contributed by atoms with E-state index in [9.17, 15) is 0 Å². The number of hydrogen-bond donors (Lipinski definition) is 2. The lowest BCUT2D eigenvalue weighted by Gasteiger charge is -2.11. The van der Waals surface area contributed by atoms with E-state index in [0.29, 0.717) is 12.5 Å². The molecule has 0 amide bonds. The first-order valence-corrected chi connectivity index (χ1v) is 9.59. The summed E-state index contributed by atoms with van der Waals surface area (Å²) in [5.74, 6) is 1.37. The van der Waals surface area contributed by atoms with Crippen LogP contribution in [0.3, 0.4) is 0 Å². The monoisotopic (exact) mass is 488 g/mol. The van der Waals surface area contributed by atoms with Crippen LogP contribution in [0.2, 0.25) is 0 Å². The minimum atomic E-state index is 0. The van der Waals surface area contributed by atoms with Crippen LogP contribution in [0.15, 0.2) is 40.7 Å². The van der Waals surface area contributed by atoms with Gasteiger partial charge in [0.2, 0.25) is 0 Å². The number of rotatable bonds is 9. The molecule has 2 N–H and O–H groups in total. The topological polar surface area (TPSA) is 58.5 Å². The molecule has 1 heterocycles. The maximum Gasteiger partial charge on any atom is 0.191 e. The van der Waals surface area contributed by atoms with E-state index in [0.717, 1.165) is 48.4 Å². The highest BCUT2D eigenvalue weighted by Crippen LogP contribution is 2.23. The van der Waals surface area contributed by atoms with E-state index in [1.165, 1.54) is 0 Å².